The zero-order valence-corrected chi connectivity index (χ0v) is 16.9. The van der Waals surface area contributed by atoms with Gasteiger partial charge in [0, 0.05) is 32.6 Å². The molecule has 27 heavy (non-hydrogen) atoms. The van der Waals surface area contributed by atoms with Crippen LogP contribution in [0.1, 0.15) is 37.3 Å². The quantitative estimate of drug-likeness (QED) is 0.734. The van der Waals surface area contributed by atoms with Crippen LogP contribution in [-0.2, 0) is 22.7 Å². The van der Waals surface area contributed by atoms with Gasteiger partial charge in [-0.3, -0.25) is 14.5 Å². The summed E-state index contributed by atoms with van der Waals surface area (Å²) >= 11 is 0. The van der Waals surface area contributed by atoms with E-state index in [1.54, 1.807) is 0 Å². The highest BCUT2D eigenvalue weighted by Crippen LogP contribution is 2.28. The third kappa shape index (κ3) is 5.67. The molecule has 0 aliphatic carbocycles. The third-order valence-electron chi connectivity index (χ3n) is 5.62. The minimum Gasteiger partial charge on any atom is -0.351 e. The van der Waals surface area contributed by atoms with Crippen LogP contribution in [0, 0.1) is 5.41 Å². The minimum atomic E-state index is 0. The second-order valence-corrected chi connectivity index (χ2v) is 7.94. The van der Waals surface area contributed by atoms with Gasteiger partial charge in [0.05, 0.1) is 6.54 Å². The number of nitrogens with zero attached hydrogens (tertiary/aromatic N) is 2. The maximum absolute atomic E-state index is 12.3. The Kier molecular flexibility index (Phi) is 7.65. The summed E-state index contributed by atoms with van der Waals surface area (Å²) in [5.74, 6) is 0.263. The zero-order chi connectivity index (χ0) is 18.6. The molecule has 1 aromatic rings. The highest BCUT2D eigenvalue weighted by Gasteiger charge is 2.33. The summed E-state index contributed by atoms with van der Waals surface area (Å²) in [6.45, 7) is 7.02. The normalized spacial score (nSPS) is 22.7. The number of hydrogen-bond donors (Lipinski definition) is 2. The lowest BCUT2D eigenvalue weighted by atomic mass is 9.90. The van der Waals surface area contributed by atoms with Gasteiger partial charge in [0.2, 0.25) is 11.8 Å². The third-order valence-corrected chi connectivity index (χ3v) is 5.62. The molecule has 2 aliphatic rings. The van der Waals surface area contributed by atoms with Gasteiger partial charge in [-0.1, -0.05) is 31.2 Å². The summed E-state index contributed by atoms with van der Waals surface area (Å²) < 4.78 is 0. The molecule has 0 bridgehead atoms. The lowest BCUT2D eigenvalue weighted by molar-refractivity contribution is -0.128. The van der Waals surface area contributed by atoms with E-state index in [-0.39, 0.29) is 29.6 Å². The Morgan fingerprint density at radius 2 is 2.00 bits per heavy atom. The summed E-state index contributed by atoms with van der Waals surface area (Å²) in [7, 11) is 0. The fraction of sp³-hybridized carbons (Fsp3) is 0.600. The van der Waals surface area contributed by atoms with E-state index in [0.29, 0.717) is 32.6 Å². The first-order chi connectivity index (χ1) is 12.5. The minimum absolute atomic E-state index is 0. The smallest absolute Gasteiger partial charge is 0.234 e. The van der Waals surface area contributed by atoms with Gasteiger partial charge < -0.3 is 16.0 Å². The molecule has 7 heteroatoms. The number of likely N-dealkylation sites (tertiary alicyclic amines) is 2. The van der Waals surface area contributed by atoms with Gasteiger partial charge in [0.25, 0.3) is 0 Å². The van der Waals surface area contributed by atoms with Crippen LogP contribution in [0.2, 0.25) is 0 Å². The molecule has 0 saturated carbocycles. The van der Waals surface area contributed by atoms with E-state index in [4.69, 9.17) is 5.73 Å². The van der Waals surface area contributed by atoms with Crippen molar-refractivity contribution in [2.75, 3.05) is 32.7 Å². The number of carbonyl (C=O) groups excluding carboxylic acids is 2. The van der Waals surface area contributed by atoms with E-state index in [1.165, 1.54) is 0 Å². The highest BCUT2D eigenvalue weighted by molar-refractivity contribution is 5.85. The van der Waals surface area contributed by atoms with Crippen molar-refractivity contribution in [3.05, 3.63) is 35.4 Å². The average molecular weight is 395 g/mol. The van der Waals surface area contributed by atoms with Crippen molar-refractivity contribution in [2.45, 2.75) is 39.3 Å². The Morgan fingerprint density at radius 3 is 2.63 bits per heavy atom. The van der Waals surface area contributed by atoms with Gasteiger partial charge in [0.15, 0.2) is 0 Å². The Balaban J connectivity index is 0.00000261. The first kappa shape index (κ1) is 21.7. The SMILES string of the molecule is CC1(CN)CCN(CC(=O)NCc2ccccc2CN2CCCC2=O)C1.Cl. The van der Waals surface area contributed by atoms with Crippen molar-refractivity contribution in [1.29, 1.82) is 0 Å². The summed E-state index contributed by atoms with van der Waals surface area (Å²) in [6.07, 6.45) is 2.63. The van der Waals surface area contributed by atoms with E-state index in [1.807, 2.05) is 29.2 Å². The molecule has 2 heterocycles. The number of rotatable bonds is 7. The van der Waals surface area contributed by atoms with Crippen LogP contribution < -0.4 is 11.1 Å². The summed E-state index contributed by atoms with van der Waals surface area (Å²) in [5, 5.41) is 3.03. The predicted octanol–water partition coefficient (Wildman–Crippen LogP) is 1.52. The monoisotopic (exact) mass is 394 g/mol. The van der Waals surface area contributed by atoms with Gasteiger partial charge in [-0.25, -0.2) is 0 Å². The van der Waals surface area contributed by atoms with Crippen molar-refractivity contribution < 1.29 is 9.59 Å². The molecule has 2 fully saturated rings. The maximum Gasteiger partial charge on any atom is 0.234 e. The molecule has 3 rings (SSSR count). The second kappa shape index (κ2) is 9.53. The molecule has 1 unspecified atom stereocenters. The van der Waals surface area contributed by atoms with Crippen molar-refractivity contribution in [2.24, 2.45) is 11.1 Å². The number of nitrogens with two attached hydrogens (primary N) is 1. The van der Waals surface area contributed by atoms with Crippen molar-refractivity contribution in [3.8, 4) is 0 Å². The number of halogens is 1. The van der Waals surface area contributed by atoms with Crippen LogP contribution >= 0.6 is 12.4 Å². The lowest BCUT2D eigenvalue weighted by Crippen LogP contribution is -2.38. The van der Waals surface area contributed by atoms with Gasteiger partial charge in [-0.2, -0.15) is 0 Å². The molecule has 2 aliphatic heterocycles. The van der Waals surface area contributed by atoms with E-state index in [2.05, 4.69) is 17.1 Å². The highest BCUT2D eigenvalue weighted by atomic mass is 35.5. The standard InChI is InChI=1S/C20H30N4O2.ClH/c1-20(14-21)8-10-23(15-20)13-18(25)22-11-16-5-2-3-6-17(16)12-24-9-4-7-19(24)26;/h2-3,5-6H,4,7-15,21H2,1H3,(H,22,25);1H. The van der Waals surface area contributed by atoms with Crippen molar-refractivity contribution in [1.82, 2.24) is 15.1 Å². The molecule has 2 amide bonds. The van der Waals surface area contributed by atoms with Crippen LogP contribution in [0.5, 0.6) is 0 Å². The van der Waals surface area contributed by atoms with E-state index in [0.717, 1.165) is 43.6 Å². The van der Waals surface area contributed by atoms with E-state index >= 15 is 0 Å². The molecule has 150 valence electrons. The summed E-state index contributed by atoms with van der Waals surface area (Å²) in [5.41, 5.74) is 8.16. The van der Waals surface area contributed by atoms with Gasteiger partial charge in [-0.15, -0.1) is 12.4 Å². The summed E-state index contributed by atoms with van der Waals surface area (Å²) in [4.78, 5) is 28.3. The first-order valence-electron chi connectivity index (χ1n) is 9.53. The molecular formula is C20H31ClN4O2. The number of nitrogens with one attached hydrogen (secondary N) is 1. The largest absolute Gasteiger partial charge is 0.351 e. The van der Waals surface area contributed by atoms with Gasteiger partial charge in [-0.05, 0) is 42.5 Å². The number of benzene rings is 1. The van der Waals surface area contributed by atoms with E-state index in [9.17, 15) is 9.59 Å². The average Bonchev–Trinajstić information content (AvgIpc) is 3.21. The molecule has 3 N–H and O–H groups in total. The molecule has 0 aromatic heterocycles. The number of amides is 2. The molecule has 1 atom stereocenters. The van der Waals surface area contributed by atoms with Crippen LogP contribution in [-0.4, -0.2) is 54.3 Å². The van der Waals surface area contributed by atoms with E-state index < -0.39 is 0 Å². The van der Waals surface area contributed by atoms with Crippen LogP contribution in [0.15, 0.2) is 24.3 Å². The first-order valence-corrected chi connectivity index (χ1v) is 9.53. The molecule has 2 saturated heterocycles. The second-order valence-electron chi connectivity index (χ2n) is 7.94. The van der Waals surface area contributed by atoms with Gasteiger partial charge in [0.1, 0.15) is 0 Å². The Hall–Kier alpha value is -1.63. The lowest BCUT2D eigenvalue weighted by Gasteiger charge is -2.22. The number of hydrogen-bond acceptors (Lipinski definition) is 4. The maximum atomic E-state index is 12.3. The molecule has 0 radical (unpaired) electrons. The van der Waals surface area contributed by atoms with Crippen molar-refractivity contribution in [3.63, 3.8) is 0 Å². The molecule has 1 aromatic carbocycles. The van der Waals surface area contributed by atoms with Crippen LogP contribution in [0.25, 0.3) is 0 Å². The zero-order valence-electron chi connectivity index (χ0n) is 16.1. The summed E-state index contributed by atoms with van der Waals surface area (Å²) in [6, 6.07) is 8.03. The molecular weight excluding hydrogens is 364 g/mol. The molecule has 6 nitrogen and oxygen atoms in total. The predicted molar refractivity (Wildman–Crippen MR) is 108 cm³/mol. The topological polar surface area (TPSA) is 78.7 Å². The fourth-order valence-corrected chi connectivity index (χ4v) is 3.84. The Bertz CT molecular complexity index is 669. The van der Waals surface area contributed by atoms with Gasteiger partial charge >= 0.3 is 0 Å². The molecule has 0 spiro atoms. The Labute approximate surface area is 167 Å². The Morgan fingerprint density at radius 1 is 1.26 bits per heavy atom. The van der Waals surface area contributed by atoms with Crippen LogP contribution in [0.3, 0.4) is 0 Å². The fourth-order valence-electron chi connectivity index (χ4n) is 3.84. The number of carbonyl (C=O) groups is 2. The van der Waals surface area contributed by atoms with Crippen molar-refractivity contribution >= 4 is 24.2 Å². The van der Waals surface area contributed by atoms with Crippen LogP contribution in [0.4, 0.5) is 0 Å².